The molecule has 0 aromatic carbocycles. The lowest BCUT2D eigenvalue weighted by atomic mass is 10.0. The topological polar surface area (TPSA) is 0 Å². The van der Waals surface area contributed by atoms with Crippen molar-refractivity contribution in [2.45, 2.75) is 200 Å². The van der Waals surface area contributed by atoms with E-state index in [0.29, 0.717) is 0 Å². The molecule has 0 rings (SSSR count). The third-order valence-electron chi connectivity index (χ3n) is 8.93. The third kappa shape index (κ3) is 29.2. The monoisotopic (exact) mass is 557 g/mol. The Morgan fingerprint density at radius 2 is 0.526 bits per heavy atom. The highest BCUT2D eigenvalue weighted by atomic mass is 35.5. The molecule has 38 heavy (non-hydrogen) atoms. The highest BCUT2D eigenvalue weighted by molar-refractivity contribution is 6.17. The van der Waals surface area contributed by atoms with E-state index in [1.54, 1.807) is 0 Å². The molecule has 0 fully saturated rings. The molecule has 0 N–H and O–H groups in total. The van der Waals surface area contributed by atoms with Gasteiger partial charge in [0, 0.05) is 12.3 Å². The van der Waals surface area contributed by atoms with E-state index in [2.05, 4.69) is 20.9 Å². The van der Waals surface area contributed by atoms with Crippen LogP contribution in [-0.2, 0) is 0 Å². The summed E-state index contributed by atoms with van der Waals surface area (Å²) in [6, 6.07) is 0. The van der Waals surface area contributed by atoms with E-state index in [1.165, 1.54) is 210 Å². The summed E-state index contributed by atoms with van der Waals surface area (Å²) in [5.74, 6) is 0.825. The molecule has 0 spiro atoms. The lowest BCUT2D eigenvalue weighted by Crippen LogP contribution is -2.46. The van der Waals surface area contributed by atoms with Gasteiger partial charge in [-0.2, -0.15) is 0 Å². The molecule has 0 amide bonds. The smallest absolute Gasteiger partial charge is 0.0796 e. The van der Waals surface area contributed by atoms with Crippen molar-refractivity contribution in [1.82, 2.24) is 0 Å². The minimum absolute atomic E-state index is 0.825. The van der Waals surface area contributed by atoms with Crippen LogP contribution in [0.2, 0.25) is 0 Å². The molecule has 0 saturated carbocycles. The molecule has 0 aliphatic carbocycles. The van der Waals surface area contributed by atoms with Crippen LogP contribution in [0.5, 0.6) is 0 Å². The number of quaternary nitrogens is 1. The number of rotatable bonds is 33. The van der Waals surface area contributed by atoms with E-state index in [-0.39, 0.29) is 0 Å². The number of nitrogens with zero attached hydrogens (tertiary/aromatic N) is 1. The zero-order chi connectivity index (χ0) is 27.8. The first-order valence-electron chi connectivity index (χ1n) is 18.1. The number of hydrogen-bond donors (Lipinski definition) is 0. The van der Waals surface area contributed by atoms with Crippen molar-refractivity contribution in [3.8, 4) is 0 Å². The summed E-state index contributed by atoms with van der Waals surface area (Å²) in [5.41, 5.74) is 0. The largest absolute Gasteiger partial charge is 0.326 e. The van der Waals surface area contributed by atoms with Gasteiger partial charge in [-0.05, 0) is 25.7 Å². The maximum atomic E-state index is 6.08. The summed E-state index contributed by atoms with van der Waals surface area (Å²) in [6.45, 7) is 8.63. The summed E-state index contributed by atoms with van der Waals surface area (Å²) in [4.78, 5) is 0. The van der Waals surface area contributed by atoms with Gasteiger partial charge >= 0.3 is 0 Å². The molecule has 0 aromatic heterocycles. The quantitative estimate of drug-likeness (QED) is 0.0428. The Bertz CT molecular complexity index is 392. The maximum Gasteiger partial charge on any atom is 0.0796 e. The fourth-order valence-corrected chi connectivity index (χ4v) is 6.27. The van der Waals surface area contributed by atoms with Crippen molar-refractivity contribution in [3.63, 3.8) is 0 Å². The van der Waals surface area contributed by atoms with Crippen LogP contribution in [0.4, 0.5) is 0 Å². The summed E-state index contributed by atoms with van der Waals surface area (Å²) in [5, 5.41) is 0. The Hall–Kier alpha value is 0.250. The van der Waals surface area contributed by atoms with E-state index < -0.39 is 0 Å². The van der Waals surface area contributed by atoms with Crippen molar-refractivity contribution in [2.75, 3.05) is 32.6 Å². The highest BCUT2D eigenvalue weighted by Crippen LogP contribution is 2.17. The van der Waals surface area contributed by atoms with Gasteiger partial charge in [-0.15, -0.1) is 11.6 Å². The standard InChI is InChI=1S/C36H75ClN/c1-4-6-8-10-12-14-16-18-20-22-24-26-28-30-34-38(3,36-32-33-37)35-31-29-27-25-23-21-19-17-15-13-11-9-7-5-2/h4-36H2,1-3H3/q+1. The Kier molecular flexibility index (Phi) is 32.0. The van der Waals surface area contributed by atoms with Crippen LogP contribution < -0.4 is 0 Å². The molecular weight excluding hydrogens is 482 g/mol. The van der Waals surface area contributed by atoms with Crippen molar-refractivity contribution >= 4 is 11.6 Å². The second-order valence-corrected chi connectivity index (χ2v) is 13.4. The average Bonchev–Trinajstić information content (AvgIpc) is 2.92. The minimum Gasteiger partial charge on any atom is -0.326 e. The first kappa shape index (κ1) is 38.2. The Balaban J connectivity index is 3.62. The van der Waals surface area contributed by atoms with E-state index in [0.717, 1.165) is 5.88 Å². The lowest BCUT2D eigenvalue weighted by Gasteiger charge is -2.35. The molecule has 0 aliphatic rings. The molecule has 2 heteroatoms. The average molecular weight is 557 g/mol. The molecule has 0 radical (unpaired) electrons. The van der Waals surface area contributed by atoms with Crippen LogP contribution in [0.1, 0.15) is 200 Å². The van der Waals surface area contributed by atoms with Gasteiger partial charge in [0.05, 0.1) is 26.7 Å². The predicted octanol–water partition coefficient (Wildman–Crippen LogP) is 13.0. The molecule has 0 atom stereocenters. The van der Waals surface area contributed by atoms with Crippen molar-refractivity contribution in [3.05, 3.63) is 0 Å². The van der Waals surface area contributed by atoms with Crippen molar-refractivity contribution in [1.29, 1.82) is 0 Å². The molecule has 0 aromatic rings. The second-order valence-electron chi connectivity index (χ2n) is 13.0. The van der Waals surface area contributed by atoms with Crippen molar-refractivity contribution < 1.29 is 4.48 Å². The summed E-state index contributed by atoms with van der Waals surface area (Å²) in [6.07, 6.45) is 41.8. The first-order valence-corrected chi connectivity index (χ1v) is 18.6. The zero-order valence-electron chi connectivity index (χ0n) is 27.2. The highest BCUT2D eigenvalue weighted by Gasteiger charge is 2.19. The number of hydrogen-bond acceptors (Lipinski definition) is 0. The van der Waals surface area contributed by atoms with Crippen LogP contribution in [0.3, 0.4) is 0 Å². The van der Waals surface area contributed by atoms with Gasteiger partial charge in [0.25, 0.3) is 0 Å². The maximum absolute atomic E-state index is 6.08. The van der Waals surface area contributed by atoms with Gasteiger partial charge in [0.15, 0.2) is 0 Å². The molecule has 0 saturated heterocycles. The second kappa shape index (κ2) is 31.8. The van der Waals surface area contributed by atoms with Crippen LogP contribution in [0.25, 0.3) is 0 Å². The molecule has 0 unspecified atom stereocenters. The minimum atomic E-state index is 0.825. The van der Waals surface area contributed by atoms with Gasteiger partial charge in [0.1, 0.15) is 0 Å². The van der Waals surface area contributed by atoms with E-state index in [1.807, 2.05) is 0 Å². The molecule has 0 aliphatic heterocycles. The zero-order valence-corrected chi connectivity index (χ0v) is 27.9. The van der Waals surface area contributed by atoms with Crippen LogP contribution in [0, 0.1) is 0 Å². The number of halogens is 1. The molecule has 1 nitrogen and oxygen atoms in total. The summed E-state index contributed by atoms with van der Waals surface area (Å²) >= 11 is 6.08. The van der Waals surface area contributed by atoms with Gasteiger partial charge in [0.2, 0.25) is 0 Å². The van der Waals surface area contributed by atoms with Crippen molar-refractivity contribution in [2.24, 2.45) is 0 Å². The normalized spacial score (nSPS) is 12.0. The molecule has 230 valence electrons. The van der Waals surface area contributed by atoms with E-state index >= 15 is 0 Å². The number of alkyl halides is 1. The van der Waals surface area contributed by atoms with Crippen LogP contribution in [0.15, 0.2) is 0 Å². The van der Waals surface area contributed by atoms with Gasteiger partial charge in [-0.1, -0.05) is 168 Å². The number of unbranched alkanes of at least 4 members (excludes halogenated alkanes) is 26. The van der Waals surface area contributed by atoms with Gasteiger partial charge in [-0.25, -0.2) is 0 Å². The predicted molar refractivity (Wildman–Crippen MR) is 177 cm³/mol. The fraction of sp³-hybridized carbons (Fsp3) is 1.00. The molecular formula is C36H75ClN+. The Labute approximate surface area is 248 Å². The van der Waals surface area contributed by atoms with Crippen LogP contribution in [-0.4, -0.2) is 37.0 Å². The third-order valence-corrected chi connectivity index (χ3v) is 9.20. The van der Waals surface area contributed by atoms with Gasteiger partial charge < -0.3 is 4.48 Å². The lowest BCUT2D eigenvalue weighted by molar-refractivity contribution is -0.910. The van der Waals surface area contributed by atoms with E-state index in [9.17, 15) is 0 Å². The Morgan fingerprint density at radius 1 is 0.316 bits per heavy atom. The Morgan fingerprint density at radius 3 is 0.763 bits per heavy atom. The van der Waals surface area contributed by atoms with E-state index in [4.69, 9.17) is 11.6 Å². The summed E-state index contributed by atoms with van der Waals surface area (Å²) < 4.78 is 1.27. The molecule has 0 heterocycles. The summed E-state index contributed by atoms with van der Waals surface area (Å²) in [7, 11) is 2.51. The fourth-order valence-electron chi connectivity index (χ4n) is 6.15. The van der Waals surface area contributed by atoms with Crippen LogP contribution >= 0.6 is 11.6 Å². The first-order chi connectivity index (χ1) is 18.7. The SMILES string of the molecule is CCCCCCCCCCCCCCCC[N+](C)(CCCCl)CCCCCCCCCCCCCCCC. The van der Waals surface area contributed by atoms with Gasteiger partial charge in [-0.3, -0.25) is 0 Å². The molecule has 0 bridgehead atoms.